The maximum absolute atomic E-state index is 14.2. The van der Waals surface area contributed by atoms with Crippen molar-refractivity contribution in [2.24, 2.45) is 0 Å². The van der Waals surface area contributed by atoms with Gasteiger partial charge in [0.15, 0.2) is 11.5 Å². The zero-order valence-electron chi connectivity index (χ0n) is 26.8. The Morgan fingerprint density at radius 1 is 0.979 bits per heavy atom. The van der Waals surface area contributed by atoms with Crippen LogP contribution in [0, 0.1) is 12.7 Å². The lowest BCUT2D eigenvalue weighted by molar-refractivity contribution is 0.0726. The third-order valence-electron chi connectivity index (χ3n) is 8.17. The first-order valence-electron chi connectivity index (χ1n) is 15.3. The summed E-state index contributed by atoms with van der Waals surface area (Å²) in [7, 11) is 3.00. The highest BCUT2D eigenvalue weighted by Gasteiger charge is 2.33. The van der Waals surface area contributed by atoms with Crippen molar-refractivity contribution in [2.45, 2.75) is 19.9 Å². The number of amides is 3. The summed E-state index contributed by atoms with van der Waals surface area (Å²) in [4.78, 5) is 49.5. The van der Waals surface area contributed by atoms with E-state index in [4.69, 9.17) is 19.0 Å². The second-order valence-electron chi connectivity index (χ2n) is 11.2. The number of aromatic nitrogens is 3. The Morgan fingerprint density at radius 2 is 1.71 bits per heavy atom. The summed E-state index contributed by atoms with van der Waals surface area (Å²) in [6.07, 6.45) is 0. The Kier molecular flexibility index (Phi) is 8.97. The monoisotopic (exact) mass is 655 g/mol. The summed E-state index contributed by atoms with van der Waals surface area (Å²) in [5, 5.41) is 8.91. The van der Waals surface area contributed by atoms with E-state index in [-0.39, 0.29) is 23.0 Å². The van der Waals surface area contributed by atoms with Crippen LogP contribution in [0.1, 0.15) is 35.0 Å². The highest BCUT2D eigenvalue weighted by Crippen LogP contribution is 2.37. The van der Waals surface area contributed by atoms with Crippen molar-refractivity contribution in [1.82, 2.24) is 19.7 Å². The minimum absolute atomic E-state index is 0.219. The number of methoxy groups -OCH3 is 2. The van der Waals surface area contributed by atoms with Gasteiger partial charge in [-0.15, -0.1) is 0 Å². The quantitative estimate of drug-likeness (QED) is 0.251. The summed E-state index contributed by atoms with van der Waals surface area (Å²) in [5.74, 6) is 0.941. The number of aryl methyl sites for hydroxylation is 1. The molecule has 2 aromatic heterocycles. The van der Waals surface area contributed by atoms with Crippen molar-refractivity contribution < 1.29 is 28.0 Å². The fourth-order valence-electron chi connectivity index (χ4n) is 5.72. The summed E-state index contributed by atoms with van der Waals surface area (Å²) < 4.78 is 31.3. The van der Waals surface area contributed by atoms with Crippen molar-refractivity contribution in [3.63, 3.8) is 0 Å². The number of halogens is 1. The molecule has 248 valence electrons. The average Bonchev–Trinajstić information content (AvgIpc) is 3.55. The van der Waals surface area contributed by atoms with Gasteiger partial charge in [-0.3, -0.25) is 14.5 Å². The number of ether oxygens (including phenoxy) is 2. The first-order chi connectivity index (χ1) is 23.2. The lowest BCUT2D eigenvalue weighted by Gasteiger charge is -2.39. The molecule has 1 N–H and O–H groups in total. The zero-order valence-corrected chi connectivity index (χ0v) is 26.8. The molecule has 3 heterocycles. The first kappa shape index (κ1) is 32.0. The van der Waals surface area contributed by atoms with E-state index in [1.807, 2.05) is 5.01 Å². The van der Waals surface area contributed by atoms with Crippen LogP contribution >= 0.6 is 0 Å². The molecule has 5 aromatic rings. The minimum Gasteiger partial charge on any atom is -0.497 e. The number of nitrogens with one attached hydrogen (secondary N) is 1. The van der Waals surface area contributed by atoms with E-state index in [9.17, 15) is 18.8 Å². The van der Waals surface area contributed by atoms with Crippen molar-refractivity contribution in [2.75, 3.05) is 55.6 Å². The second-order valence-corrected chi connectivity index (χ2v) is 11.2. The molecule has 1 aliphatic heterocycles. The van der Waals surface area contributed by atoms with Gasteiger partial charge in [-0.2, -0.15) is 0 Å². The molecule has 1 aliphatic rings. The second kappa shape index (κ2) is 13.4. The molecule has 13 nitrogen and oxygen atoms in total. The number of anilines is 2. The van der Waals surface area contributed by atoms with Crippen LogP contribution in [-0.2, 0) is 0 Å². The Morgan fingerprint density at radius 3 is 2.38 bits per heavy atom. The van der Waals surface area contributed by atoms with Crippen LogP contribution in [-0.4, -0.2) is 72.1 Å². The number of urea groups is 1. The number of carbonyl (C=O) groups is 2. The predicted octanol–water partition coefficient (Wildman–Crippen LogP) is 4.74. The van der Waals surface area contributed by atoms with Gasteiger partial charge in [0.2, 0.25) is 0 Å². The number of hydrogen-bond acceptors (Lipinski definition) is 9. The number of hydrogen-bond donors (Lipinski definition) is 1. The van der Waals surface area contributed by atoms with Gasteiger partial charge in [-0.1, -0.05) is 17.3 Å². The molecule has 0 radical (unpaired) electrons. The predicted molar refractivity (Wildman–Crippen MR) is 177 cm³/mol. The number of piperazine rings is 1. The number of fused-ring (bicyclic) bond motifs is 1. The van der Waals surface area contributed by atoms with Gasteiger partial charge in [0.05, 0.1) is 49.9 Å². The highest BCUT2D eigenvalue weighted by atomic mass is 19.1. The van der Waals surface area contributed by atoms with Crippen molar-refractivity contribution in [3.05, 3.63) is 106 Å². The summed E-state index contributed by atoms with van der Waals surface area (Å²) >= 11 is 0. The molecule has 0 spiro atoms. The molecule has 14 heteroatoms. The van der Waals surface area contributed by atoms with Gasteiger partial charge >= 0.3 is 6.03 Å². The Labute approximate surface area is 275 Å². The van der Waals surface area contributed by atoms with E-state index in [2.05, 4.69) is 10.5 Å². The molecule has 3 aromatic carbocycles. The van der Waals surface area contributed by atoms with Crippen molar-refractivity contribution in [1.29, 1.82) is 0 Å². The van der Waals surface area contributed by atoms with E-state index in [1.54, 1.807) is 67.3 Å². The van der Waals surface area contributed by atoms with Crippen LogP contribution in [0.5, 0.6) is 11.5 Å². The molecule has 48 heavy (non-hydrogen) atoms. The fourth-order valence-corrected chi connectivity index (χ4v) is 5.72. The van der Waals surface area contributed by atoms with Crippen LogP contribution in [0.15, 0.2) is 82.1 Å². The van der Waals surface area contributed by atoms with Crippen LogP contribution in [0.4, 0.5) is 20.6 Å². The summed E-state index contributed by atoms with van der Waals surface area (Å²) in [6, 6.07) is 17.6. The van der Waals surface area contributed by atoms with Gasteiger partial charge in [-0.25, -0.2) is 18.8 Å². The van der Waals surface area contributed by atoms with Crippen LogP contribution in [0.25, 0.3) is 10.9 Å². The van der Waals surface area contributed by atoms with Gasteiger partial charge in [0.25, 0.3) is 11.5 Å². The largest absolute Gasteiger partial charge is 0.497 e. The van der Waals surface area contributed by atoms with Gasteiger partial charge in [-0.05, 0) is 62.4 Å². The third kappa shape index (κ3) is 6.24. The minimum atomic E-state index is -0.859. The number of para-hydroxylation sites is 1. The summed E-state index contributed by atoms with van der Waals surface area (Å²) in [6.45, 7) is 4.69. The smallest absolute Gasteiger partial charge is 0.327 e. The normalized spacial score (nSPS) is 13.7. The number of nitrogens with zero attached hydrogens (tertiary/aromatic N) is 6. The number of benzene rings is 3. The van der Waals surface area contributed by atoms with Crippen molar-refractivity contribution in [3.8, 4) is 11.5 Å². The molecule has 0 saturated carbocycles. The molecule has 1 fully saturated rings. The maximum Gasteiger partial charge on any atom is 0.327 e. The SMILES string of the molecule is COc1ccc(N(C(=O)Nc2ccc(F)cc2)C(C)c2nc3ccccc3c(=O)n2N2CCN(C(=O)c3cc(C)on3)CC2)c(OC)c1. The molecule has 0 bridgehead atoms. The van der Waals surface area contributed by atoms with Gasteiger partial charge in [0, 0.05) is 30.9 Å². The molecule has 3 amide bonds. The molecule has 1 atom stereocenters. The Bertz CT molecular complexity index is 2020. The standard InChI is InChI=1S/C34H34FN7O6/c1-21-19-28(38-48-21)33(44)39-15-17-40(18-16-39)42-31(37-27-8-6-5-7-26(27)32(42)43)22(2)41(29-14-13-25(46-3)20-30(29)47-4)34(45)36-24-11-9-23(35)10-12-24/h5-14,19-20,22H,15-18H2,1-4H3,(H,36,45). The van der Waals surface area contributed by atoms with Crippen LogP contribution < -0.4 is 30.3 Å². The average molecular weight is 656 g/mol. The number of rotatable bonds is 8. The third-order valence-corrected chi connectivity index (χ3v) is 8.17. The lowest BCUT2D eigenvalue weighted by atomic mass is 10.1. The topological polar surface area (TPSA) is 135 Å². The molecular weight excluding hydrogens is 621 g/mol. The van der Waals surface area contributed by atoms with E-state index >= 15 is 0 Å². The lowest BCUT2D eigenvalue weighted by Crippen LogP contribution is -2.57. The van der Waals surface area contributed by atoms with Gasteiger partial charge < -0.3 is 29.2 Å². The van der Waals surface area contributed by atoms with E-state index in [1.165, 1.54) is 48.1 Å². The summed E-state index contributed by atoms with van der Waals surface area (Å²) in [5.41, 5.74) is 1.08. The van der Waals surface area contributed by atoms with Gasteiger partial charge in [0.1, 0.15) is 23.1 Å². The molecule has 6 rings (SSSR count). The Hall–Kier alpha value is -5.92. The van der Waals surface area contributed by atoms with Crippen LogP contribution in [0.2, 0.25) is 0 Å². The number of carbonyl (C=O) groups excluding carboxylic acids is 2. The molecular formula is C34H34FN7O6. The van der Waals surface area contributed by atoms with E-state index in [0.717, 1.165) is 0 Å². The fraction of sp³-hybridized carbons (Fsp3) is 0.265. The van der Waals surface area contributed by atoms with E-state index < -0.39 is 17.9 Å². The maximum atomic E-state index is 14.2. The van der Waals surface area contributed by atoms with E-state index in [0.29, 0.717) is 65.7 Å². The van der Waals surface area contributed by atoms with Crippen LogP contribution in [0.3, 0.4) is 0 Å². The molecule has 1 unspecified atom stereocenters. The molecule has 1 saturated heterocycles. The van der Waals surface area contributed by atoms with Crippen molar-refractivity contribution >= 4 is 34.2 Å². The highest BCUT2D eigenvalue weighted by molar-refractivity contribution is 6.03. The Balaban J connectivity index is 1.42. The molecule has 0 aliphatic carbocycles. The first-order valence-corrected chi connectivity index (χ1v) is 15.3. The zero-order chi connectivity index (χ0) is 33.9.